The lowest BCUT2D eigenvalue weighted by Crippen LogP contribution is -2.00. The number of hydrogen-bond acceptors (Lipinski definition) is 2. The minimum atomic E-state index is 0.116. The second kappa shape index (κ2) is 4.54. The summed E-state index contributed by atoms with van der Waals surface area (Å²) >= 11 is 0. The van der Waals surface area contributed by atoms with Crippen molar-refractivity contribution in [2.75, 3.05) is 6.61 Å². The quantitative estimate of drug-likeness (QED) is 0.744. The molecule has 2 aromatic carbocycles. The molecule has 2 nitrogen and oxygen atoms in total. The third kappa shape index (κ3) is 1.83. The zero-order chi connectivity index (χ0) is 12.5. The molecule has 1 aliphatic heterocycles. The van der Waals surface area contributed by atoms with Gasteiger partial charge in [-0.25, -0.2) is 0 Å². The number of benzene rings is 2. The van der Waals surface area contributed by atoms with Crippen LogP contribution in [0.5, 0.6) is 0 Å². The minimum absolute atomic E-state index is 0.116. The van der Waals surface area contributed by atoms with Gasteiger partial charge in [-0.2, -0.15) is 0 Å². The van der Waals surface area contributed by atoms with Gasteiger partial charge in [0.05, 0.1) is 6.10 Å². The first-order valence-corrected chi connectivity index (χ1v) is 6.41. The van der Waals surface area contributed by atoms with E-state index in [9.17, 15) is 4.79 Å². The Balaban J connectivity index is 2.22. The van der Waals surface area contributed by atoms with E-state index in [-0.39, 0.29) is 11.9 Å². The van der Waals surface area contributed by atoms with E-state index in [1.807, 2.05) is 24.3 Å². The van der Waals surface area contributed by atoms with E-state index < -0.39 is 0 Å². The molecule has 0 bridgehead atoms. The topological polar surface area (TPSA) is 26.3 Å². The summed E-state index contributed by atoms with van der Waals surface area (Å²) in [5, 5.41) is 2.19. The summed E-state index contributed by atoms with van der Waals surface area (Å²) in [6.45, 7) is 2.46. The van der Waals surface area contributed by atoms with Crippen LogP contribution in [0, 0.1) is 0 Å². The van der Waals surface area contributed by atoms with Crippen molar-refractivity contribution in [3.8, 4) is 0 Å². The van der Waals surface area contributed by atoms with E-state index in [2.05, 4.69) is 12.1 Å². The molecule has 92 valence electrons. The fourth-order valence-corrected chi connectivity index (χ4v) is 2.73. The molecule has 1 heterocycles. The Labute approximate surface area is 107 Å². The molecule has 1 saturated heterocycles. The first-order valence-electron chi connectivity index (χ1n) is 6.41. The van der Waals surface area contributed by atoms with Crippen LogP contribution in [-0.2, 0) is 4.74 Å². The summed E-state index contributed by atoms with van der Waals surface area (Å²) in [6.07, 6.45) is 2.38. The molecule has 1 fully saturated rings. The van der Waals surface area contributed by atoms with E-state index in [1.54, 1.807) is 6.92 Å². The van der Waals surface area contributed by atoms with Crippen molar-refractivity contribution in [3.63, 3.8) is 0 Å². The smallest absolute Gasteiger partial charge is 0.160 e. The molecule has 0 spiro atoms. The van der Waals surface area contributed by atoms with Gasteiger partial charge in [0.15, 0.2) is 5.78 Å². The van der Waals surface area contributed by atoms with Gasteiger partial charge in [-0.1, -0.05) is 36.4 Å². The van der Waals surface area contributed by atoms with Gasteiger partial charge in [-0.15, -0.1) is 0 Å². The lowest BCUT2D eigenvalue weighted by atomic mass is 9.94. The van der Waals surface area contributed by atoms with Crippen LogP contribution in [0.1, 0.15) is 41.8 Å². The molecule has 3 rings (SSSR count). The Morgan fingerprint density at radius 3 is 2.61 bits per heavy atom. The molecule has 0 radical (unpaired) electrons. The number of hydrogen-bond donors (Lipinski definition) is 0. The van der Waals surface area contributed by atoms with E-state index in [0.717, 1.165) is 35.8 Å². The van der Waals surface area contributed by atoms with Crippen molar-refractivity contribution in [2.45, 2.75) is 25.9 Å². The van der Waals surface area contributed by atoms with Gasteiger partial charge >= 0.3 is 0 Å². The van der Waals surface area contributed by atoms with Crippen molar-refractivity contribution in [2.24, 2.45) is 0 Å². The maximum absolute atomic E-state index is 11.7. The van der Waals surface area contributed by atoms with Gasteiger partial charge in [0.25, 0.3) is 0 Å². The molecule has 2 aromatic rings. The average Bonchev–Trinajstić information content (AvgIpc) is 2.91. The summed E-state index contributed by atoms with van der Waals surface area (Å²) in [5.74, 6) is 0.116. The van der Waals surface area contributed by atoms with Crippen LogP contribution in [0.15, 0.2) is 36.4 Å². The second-order valence-corrected chi connectivity index (χ2v) is 4.81. The Hall–Kier alpha value is -1.67. The Kier molecular flexibility index (Phi) is 2.88. The summed E-state index contributed by atoms with van der Waals surface area (Å²) in [4.78, 5) is 11.7. The lowest BCUT2D eigenvalue weighted by Gasteiger charge is -2.14. The number of carbonyl (C=O) groups excluding carboxylic acids is 1. The third-order valence-electron chi connectivity index (χ3n) is 3.61. The van der Waals surface area contributed by atoms with Gasteiger partial charge < -0.3 is 4.74 Å². The van der Waals surface area contributed by atoms with Crippen molar-refractivity contribution in [1.82, 2.24) is 0 Å². The molecule has 1 unspecified atom stereocenters. The molecule has 18 heavy (non-hydrogen) atoms. The van der Waals surface area contributed by atoms with Crippen LogP contribution in [-0.4, -0.2) is 12.4 Å². The summed E-state index contributed by atoms with van der Waals surface area (Å²) in [7, 11) is 0. The van der Waals surface area contributed by atoms with Gasteiger partial charge in [0, 0.05) is 12.2 Å². The van der Waals surface area contributed by atoms with Crippen LogP contribution < -0.4 is 0 Å². The van der Waals surface area contributed by atoms with Crippen LogP contribution in [0.4, 0.5) is 0 Å². The van der Waals surface area contributed by atoms with Crippen LogP contribution in [0.25, 0.3) is 10.8 Å². The Morgan fingerprint density at radius 2 is 1.94 bits per heavy atom. The second-order valence-electron chi connectivity index (χ2n) is 4.81. The lowest BCUT2D eigenvalue weighted by molar-refractivity contribution is 0.101. The monoisotopic (exact) mass is 240 g/mol. The molecule has 0 saturated carbocycles. The van der Waals surface area contributed by atoms with Crippen molar-refractivity contribution >= 4 is 16.6 Å². The molecule has 1 atom stereocenters. The Bertz CT molecular complexity index is 595. The molecule has 0 aliphatic carbocycles. The number of Topliss-reactive ketones (excluding diaryl/α,β-unsaturated/α-hetero) is 1. The zero-order valence-electron chi connectivity index (χ0n) is 10.5. The SMILES string of the molecule is CC(=O)c1ccc(C2CCCO2)c2ccccc12. The standard InChI is InChI=1S/C16H16O2/c1-11(17)12-8-9-15(16-7-4-10-18-16)14-6-3-2-5-13(12)14/h2-3,5-6,8-9,16H,4,7,10H2,1H3. The van der Waals surface area contributed by atoms with Crippen LogP contribution in [0.3, 0.4) is 0 Å². The predicted octanol–water partition coefficient (Wildman–Crippen LogP) is 3.89. The zero-order valence-corrected chi connectivity index (χ0v) is 10.5. The van der Waals surface area contributed by atoms with Crippen molar-refractivity contribution < 1.29 is 9.53 Å². The molecule has 2 heteroatoms. The molecule has 0 amide bonds. The molecular formula is C16H16O2. The highest BCUT2D eigenvalue weighted by atomic mass is 16.5. The molecule has 0 N–H and O–H groups in total. The maximum Gasteiger partial charge on any atom is 0.160 e. The third-order valence-corrected chi connectivity index (χ3v) is 3.61. The van der Waals surface area contributed by atoms with Crippen molar-refractivity contribution in [3.05, 3.63) is 47.5 Å². The number of ketones is 1. The molecular weight excluding hydrogens is 224 g/mol. The normalized spacial score (nSPS) is 19.3. The predicted molar refractivity (Wildman–Crippen MR) is 71.9 cm³/mol. The highest BCUT2D eigenvalue weighted by Gasteiger charge is 2.20. The summed E-state index contributed by atoms with van der Waals surface area (Å²) in [6, 6.07) is 12.1. The number of carbonyl (C=O) groups is 1. The molecule has 0 aromatic heterocycles. The Morgan fingerprint density at radius 1 is 1.17 bits per heavy atom. The molecule has 1 aliphatic rings. The highest BCUT2D eigenvalue weighted by Crippen LogP contribution is 2.34. The van der Waals surface area contributed by atoms with Crippen LogP contribution >= 0.6 is 0 Å². The number of ether oxygens (including phenoxy) is 1. The number of rotatable bonds is 2. The summed E-state index contributed by atoms with van der Waals surface area (Å²) in [5.41, 5.74) is 2.01. The highest BCUT2D eigenvalue weighted by molar-refractivity contribution is 6.07. The van der Waals surface area contributed by atoms with Gasteiger partial charge in [0.1, 0.15) is 0 Å². The fourth-order valence-electron chi connectivity index (χ4n) is 2.73. The fraction of sp³-hybridized carbons (Fsp3) is 0.312. The van der Waals surface area contributed by atoms with E-state index in [1.165, 1.54) is 5.56 Å². The van der Waals surface area contributed by atoms with E-state index >= 15 is 0 Å². The van der Waals surface area contributed by atoms with Gasteiger partial charge in [-0.3, -0.25) is 4.79 Å². The first kappa shape index (κ1) is 11.4. The largest absolute Gasteiger partial charge is 0.374 e. The maximum atomic E-state index is 11.7. The van der Waals surface area contributed by atoms with E-state index in [4.69, 9.17) is 4.74 Å². The minimum Gasteiger partial charge on any atom is -0.374 e. The van der Waals surface area contributed by atoms with Crippen LogP contribution in [0.2, 0.25) is 0 Å². The average molecular weight is 240 g/mol. The summed E-state index contributed by atoms with van der Waals surface area (Å²) < 4.78 is 5.76. The van der Waals surface area contributed by atoms with E-state index in [0.29, 0.717) is 0 Å². The van der Waals surface area contributed by atoms with Gasteiger partial charge in [-0.05, 0) is 36.1 Å². The first-order chi connectivity index (χ1) is 8.77. The van der Waals surface area contributed by atoms with Gasteiger partial charge in [0.2, 0.25) is 0 Å². The number of fused-ring (bicyclic) bond motifs is 1. The van der Waals surface area contributed by atoms with Crippen molar-refractivity contribution in [1.29, 1.82) is 0 Å².